The SMILES string of the molecule is O=C(NCCNc1nc2sccn2c1[N+](=O)[O-])c1ccc(C(F)(F)F)cc1. The third-order valence-corrected chi connectivity index (χ3v) is 4.34. The van der Waals surface area contributed by atoms with E-state index in [4.69, 9.17) is 0 Å². The number of carbonyl (C=O) groups excluding carboxylic acids is 1. The largest absolute Gasteiger partial charge is 0.416 e. The molecular weight excluding hydrogens is 387 g/mol. The molecule has 2 aromatic heterocycles. The highest BCUT2D eigenvalue weighted by molar-refractivity contribution is 7.15. The summed E-state index contributed by atoms with van der Waals surface area (Å²) in [6, 6.07) is 3.82. The lowest BCUT2D eigenvalue weighted by molar-refractivity contribution is -0.389. The van der Waals surface area contributed by atoms with Gasteiger partial charge in [-0.1, -0.05) is 11.3 Å². The molecule has 8 nitrogen and oxygen atoms in total. The Morgan fingerprint density at radius 1 is 1.26 bits per heavy atom. The summed E-state index contributed by atoms with van der Waals surface area (Å²) in [6.45, 7) is 0.250. The number of thiazole rings is 1. The molecule has 0 bridgehead atoms. The quantitative estimate of drug-likeness (QED) is 0.377. The zero-order valence-electron chi connectivity index (χ0n) is 13.5. The van der Waals surface area contributed by atoms with Crippen LogP contribution in [-0.2, 0) is 6.18 Å². The van der Waals surface area contributed by atoms with Gasteiger partial charge in [-0.25, -0.2) is 0 Å². The summed E-state index contributed by atoms with van der Waals surface area (Å²) >= 11 is 1.24. The summed E-state index contributed by atoms with van der Waals surface area (Å²) in [5.41, 5.74) is -0.760. The van der Waals surface area contributed by atoms with Crippen LogP contribution in [0.5, 0.6) is 0 Å². The second-order valence-corrected chi connectivity index (χ2v) is 6.23. The van der Waals surface area contributed by atoms with Gasteiger partial charge < -0.3 is 20.7 Å². The third-order valence-electron chi connectivity index (χ3n) is 3.59. The standard InChI is InChI=1S/C15H12F3N5O3S/c16-15(17,18)10-3-1-9(2-4-10)12(24)20-6-5-19-11-13(23(25)26)22-7-8-27-14(22)21-11/h1-4,7-8,19H,5-6H2,(H,20,24). The van der Waals surface area contributed by atoms with E-state index < -0.39 is 22.6 Å². The lowest BCUT2D eigenvalue weighted by atomic mass is 10.1. The van der Waals surface area contributed by atoms with Gasteiger partial charge in [0.15, 0.2) is 0 Å². The summed E-state index contributed by atoms with van der Waals surface area (Å²) in [5, 5.41) is 18.1. The minimum atomic E-state index is -4.47. The highest BCUT2D eigenvalue weighted by Gasteiger charge is 2.30. The van der Waals surface area contributed by atoms with Crippen LogP contribution in [0.25, 0.3) is 4.96 Å². The molecule has 0 radical (unpaired) electrons. The van der Waals surface area contributed by atoms with Gasteiger partial charge in [0.2, 0.25) is 5.82 Å². The molecule has 0 aliphatic carbocycles. The van der Waals surface area contributed by atoms with Crippen molar-refractivity contribution in [1.82, 2.24) is 14.7 Å². The first kappa shape index (κ1) is 18.6. The molecule has 142 valence electrons. The van der Waals surface area contributed by atoms with E-state index in [-0.39, 0.29) is 30.3 Å². The van der Waals surface area contributed by atoms with E-state index in [1.165, 1.54) is 21.9 Å². The fourth-order valence-electron chi connectivity index (χ4n) is 2.34. The number of alkyl halides is 3. The summed E-state index contributed by atoms with van der Waals surface area (Å²) in [7, 11) is 0. The average Bonchev–Trinajstić information content (AvgIpc) is 3.18. The lowest BCUT2D eigenvalue weighted by Crippen LogP contribution is -2.29. The first-order chi connectivity index (χ1) is 12.8. The Morgan fingerprint density at radius 3 is 2.59 bits per heavy atom. The average molecular weight is 399 g/mol. The first-order valence-electron chi connectivity index (χ1n) is 7.56. The molecular formula is C15H12F3N5O3S. The van der Waals surface area contributed by atoms with Gasteiger partial charge in [-0.15, -0.1) is 0 Å². The van der Waals surface area contributed by atoms with Crippen molar-refractivity contribution in [2.24, 2.45) is 0 Å². The van der Waals surface area contributed by atoms with Gasteiger partial charge in [-0.05, 0) is 29.2 Å². The van der Waals surface area contributed by atoms with Crippen LogP contribution in [0.1, 0.15) is 15.9 Å². The second kappa shape index (κ2) is 7.23. The zero-order valence-corrected chi connectivity index (χ0v) is 14.3. The number of nitro groups is 1. The van der Waals surface area contributed by atoms with Crippen molar-refractivity contribution in [2.75, 3.05) is 18.4 Å². The number of benzene rings is 1. The molecule has 27 heavy (non-hydrogen) atoms. The van der Waals surface area contributed by atoms with Gasteiger partial charge in [-0.2, -0.15) is 22.6 Å². The monoisotopic (exact) mass is 399 g/mol. The summed E-state index contributed by atoms with van der Waals surface area (Å²) < 4.78 is 38.9. The van der Waals surface area contributed by atoms with Crippen molar-refractivity contribution in [3.63, 3.8) is 0 Å². The van der Waals surface area contributed by atoms with E-state index in [1.54, 1.807) is 5.38 Å². The molecule has 2 N–H and O–H groups in total. The van der Waals surface area contributed by atoms with Crippen LogP contribution in [0.2, 0.25) is 0 Å². The van der Waals surface area contributed by atoms with Gasteiger partial charge in [0.1, 0.15) is 6.20 Å². The molecule has 0 fully saturated rings. The van der Waals surface area contributed by atoms with Crippen LogP contribution in [0, 0.1) is 10.1 Å². The Kier molecular flexibility index (Phi) is 4.99. The Hall–Kier alpha value is -3.15. The molecule has 3 aromatic rings. The predicted molar refractivity (Wildman–Crippen MR) is 92.0 cm³/mol. The normalized spacial score (nSPS) is 11.5. The first-order valence-corrected chi connectivity index (χ1v) is 8.44. The Morgan fingerprint density at radius 2 is 1.96 bits per heavy atom. The van der Waals surface area contributed by atoms with Crippen molar-refractivity contribution in [1.29, 1.82) is 0 Å². The van der Waals surface area contributed by atoms with E-state index >= 15 is 0 Å². The molecule has 1 amide bonds. The number of rotatable bonds is 6. The van der Waals surface area contributed by atoms with Crippen LogP contribution < -0.4 is 10.6 Å². The number of hydrogen-bond donors (Lipinski definition) is 2. The molecule has 0 saturated heterocycles. The van der Waals surface area contributed by atoms with E-state index in [2.05, 4.69) is 15.6 Å². The molecule has 0 atom stereocenters. The number of halogens is 3. The summed E-state index contributed by atoms with van der Waals surface area (Å²) in [5.74, 6) is -0.679. The number of anilines is 1. The topological polar surface area (TPSA) is 102 Å². The van der Waals surface area contributed by atoms with Gasteiger partial charge in [0, 0.05) is 24.0 Å². The van der Waals surface area contributed by atoms with E-state index in [1.807, 2.05) is 0 Å². The second-order valence-electron chi connectivity index (χ2n) is 5.35. The number of imidazole rings is 1. The molecule has 2 heterocycles. The fraction of sp³-hybridized carbons (Fsp3) is 0.200. The highest BCUT2D eigenvalue weighted by Crippen LogP contribution is 2.29. The van der Waals surface area contributed by atoms with Crippen LogP contribution >= 0.6 is 11.3 Å². The van der Waals surface area contributed by atoms with Crippen molar-refractivity contribution >= 4 is 33.8 Å². The van der Waals surface area contributed by atoms with Crippen molar-refractivity contribution in [3.05, 3.63) is 57.1 Å². The number of fused-ring (bicyclic) bond motifs is 1. The molecule has 0 aliphatic rings. The Balaban J connectivity index is 1.56. The van der Waals surface area contributed by atoms with Gasteiger partial charge >= 0.3 is 12.0 Å². The number of hydrogen-bond acceptors (Lipinski definition) is 6. The summed E-state index contributed by atoms with van der Waals surface area (Å²) in [6.07, 6.45) is -2.94. The number of nitrogens with zero attached hydrogens (tertiary/aromatic N) is 3. The molecule has 0 saturated carbocycles. The molecule has 3 rings (SSSR count). The molecule has 0 unspecified atom stereocenters. The minimum Gasteiger partial charge on any atom is -0.361 e. The number of amides is 1. The van der Waals surface area contributed by atoms with Gasteiger partial charge in [-0.3, -0.25) is 4.79 Å². The molecule has 1 aromatic carbocycles. The number of nitrogens with one attached hydrogen (secondary N) is 2. The predicted octanol–water partition coefficient (Wildman–Crippen LogP) is 3.16. The maximum absolute atomic E-state index is 12.5. The van der Waals surface area contributed by atoms with Crippen molar-refractivity contribution < 1.29 is 22.9 Å². The Labute approximate surface area is 153 Å². The van der Waals surface area contributed by atoms with Crippen LogP contribution in [0.3, 0.4) is 0 Å². The van der Waals surface area contributed by atoms with Crippen LogP contribution in [0.4, 0.5) is 24.8 Å². The lowest BCUT2D eigenvalue weighted by Gasteiger charge is -2.08. The maximum atomic E-state index is 12.5. The fourth-order valence-corrected chi connectivity index (χ4v) is 3.05. The van der Waals surface area contributed by atoms with Gasteiger partial charge in [0.05, 0.1) is 5.56 Å². The maximum Gasteiger partial charge on any atom is 0.416 e. The third kappa shape index (κ3) is 4.00. The zero-order chi connectivity index (χ0) is 19.6. The molecule has 12 heteroatoms. The number of aromatic nitrogens is 2. The van der Waals surface area contributed by atoms with Crippen molar-refractivity contribution in [2.45, 2.75) is 6.18 Å². The van der Waals surface area contributed by atoms with E-state index in [0.29, 0.717) is 4.96 Å². The molecule has 0 aliphatic heterocycles. The van der Waals surface area contributed by atoms with Crippen LogP contribution in [-0.4, -0.2) is 33.3 Å². The smallest absolute Gasteiger partial charge is 0.361 e. The molecule has 0 spiro atoms. The van der Waals surface area contributed by atoms with Gasteiger partial charge in [0.25, 0.3) is 10.9 Å². The van der Waals surface area contributed by atoms with Crippen LogP contribution in [0.15, 0.2) is 35.8 Å². The number of carbonyl (C=O) groups is 1. The van der Waals surface area contributed by atoms with E-state index in [9.17, 15) is 28.1 Å². The summed E-state index contributed by atoms with van der Waals surface area (Å²) in [4.78, 5) is 27.1. The van der Waals surface area contributed by atoms with Crippen molar-refractivity contribution in [3.8, 4) is 0 Å². The van der Waals surface area contributed by atoms with E-state index in [0.717, 1.165) is 24.3 Å². The highest BCUT2D eigenvalue weighted by atomic mass is 32.1. The Bertz CT molecular complexity index is 981. The minimum absolute atomic E-state index is 0.0793.